The Hall–Kier alpha value is -2.83. The molecule has 1 aromatic heterocycles. The van der Waals surface area contributed by atoms with Gasteiger partial charge in [-0.2, -0.15) is 5.10 Å². The Morgan fingerprint density at radius 3 is 3.00 bits per heavy atom. The summed E-state index contributed by atoms with van der Waals surface area (Å²) in [6, 6.07) is 7.49. The molecule has 0 unspecified atom stereocenters. The molecule has 7 nitrogen and oxygen atoms in total. The van der Waals surface area contributed by atoms with Crippen molar-refractivity contribution in [2.24, 2.45) is 7.05 Å². The number of fused-ring (bicyclic) bond motifs is 1. The molecule has 0 saturated carbocycles. The van der Waals surface area contributed by atoms with Crippen LogP contribution in [0.15, 0.2) is 24.3 Å². The second kappa shape index (κ2) is 6.74. The summed E-state index contributed by atoms with van der Waals surface area (Å²) < 4.78 is 7.32. The molecule has 1 aliphatic rings. The monoisotopic (exact) mass is 328 g/mol. The molecule has 0 fully saturated rings. The molecule has 0 spiro atoms. The number of amides is 2. The fourth-order valence-electron chi connectivity index (χ4n) is 2.71. The van der Waals surface area contributed by atoms with Crippen molar-refractivity contribution in [2.45, 2.75) is 26.3 Å². The maximum absolute atomic E-state index is 12.0. The Morgan fingerprint density at radius 1 is 1.42 bits per heavy atom. The summed E-state index contributed by atoms with van der Waals surface area (Å²) in [6.45, 7) is 2.19. The van der Waals surface area contributed by atoms with Crippen LogP contribution < -0.4 is 15.4 Å². The maximum Gasteiger partial charge on any atom is 0.258 e. The van der Waals surface area contributed by atoms with Crippen molar-refractivity contribution in [3.63, 3.8) is 0 Å². The van der Waals surface area contributed by atoms with Crippen molar-refractivity contribution in [1.82, 2.24) is 15.1 Å². The molecule has 0 bridgehead atoms. The summed E-state index contributed by atoms with van der Waals surface area (Å²) in [4.78, 5) is 23.5. The van der Waals surface area contributed by atoms with Gasteiger partial charge < -0.3 is 15.4 Å². The number of aryl methyl sites for hydroxylation is 3. The number of rotatable bonds is 5. The third kappa shape index (κ3) is 3.56. The average Bonchev–Trinajstić information content (AvgIpc) is 2.88. The van der Waals surface area contributed by atoms with Crippen LogP contribution in [0.1, 0.15) is 23.4 Å². The van der Waals surface area contributed by atoms with E-state index in [1.807, 2.05) is 32.2 Å². The Kier molecular flexibility index (Phi) is 4.50. The zero-order chi connectivity index (χ0) is 17.1. The summed E-state index contributed by atoms with van der Waals surface area (Å²) in [5, 5.41) is 9.84. The van der Waals surface area contributed by atoms with E-state index in [9.17, 15) is 9.59 Å². The summed E-state index contributed by atoms with van der Waals surface area (Å²) in [6.07, 6.45) is 1.16. The van der Waals surface area contributed by atoms with Gasteiger partial charge in [0.05, 0.1) is 23.6 Å². The second-order valence-electron chi connectivity index (χ2n) is 5.80. The average molecular weight is 328 g/mol. The van der Waals surface area contributed by atoms with Crippen LogP contribution in [-0.2, 0) is 29.6 Å². The van der Waals surface area contributed by atoms with E-state index in [4.69, 9.17) is 4.74 Å². The van der Waals surface area contributed by atoms with Crippen molar-refractivity contribution in [1.29, 1.82) is 0 Å². The number of hydrogen-bond donors (Lipinski definition) is 2. The lowest BCUT2D eigenvalue weighted by Gasteiger charge is -2.20. The SMILES string of the molecule is Cc1cc(CNC(=O)COc2cccc3c2NC(=O)CC3)n(C)n1. The predicted molar refractivity (Wildman–Crippen MR) is 88.7 cm³/mol. The Labute approximate surface area is 140 Å². The van der Waals surface area contributed by atoms with E-state index >= 15 is 0 Å². The number of ether oxygens (including phenoxy) is 1. The summed E-state index contributed by atoms with van der Waals surface area (Å²) in [5.74, 6) is 0.259. The molecule has 0 radical (unpaired) electrons. The minimum absolute atomic E-state index is 0.0328. The Balaban J connectivity index is 1.57. The molecule has 2 amide bonds. The van der Waals surface area contributed by atoms with Crippen molar-refractivity contribution in [2.75, 3.05) is 11.9 Å². The zero-order valence-corrected chi connectivity index (χ0v) is 13.8. The van der Waals surface area contributed by atoms with Crippen LogP contribution in [0.5, 0.6) is 5.75 Å². The number of benzene rings is 1. The number of anilines is 1. The number of hydrogen-bond acceptors (Lipinski definition) is 4. The van der Waals surface area contributed by atoms with E-state index < -0.39 is 0 Å². The van der Waals surface area contributed by atoms with Crippen molar-refractivity contribution in [3.8, 4) is 5.75 Å². The first-order valence-electron chi connectivity index (χ1n) is 7.83. The van der Waals surface area contributed by atoms with Gasteiger partial charge in [0.15, 0.2) is 6.61 Å². The minimum atomic E-state index is -0.228. The summed E-state index contributed by atoms with van der Waals surface area (Å²) >= 11 is 0. The van der Waals surface area contributed by atoms with Gasteiger partial charge >= 0.3 is 0 Å². The van der Waals surface area contributed by atoms with Crippen LogP contribution in [0, 0.1) is 6.92 Å². The number of carbonyl (C=O) groups excluding carboxylic acids is 2. The first-order chi connectivity index (χ1) is 11.5. The normalized spacial score (nSPS) is 13.2. The number of aromatic nitrogens is 2. The van der Waals surface area contributed by atoms with Crippen molar-refractivity contribution >= 4 is 17.5 Å². The largest absolute Gasteiger partial charge is 0.482 e. The molecule has 7 heteroatoms. The van der Waals surface area contributed by atoms with Gasteiger partial charge in [0.25, 0.3) is 5.91 Å². The maximum atomic E-state index is 12.0. The van der Waals surface area contributed by atoms with Gasteiger partial charge in [-0.15, -0.1) is 0 Å². The lowest BCUT2D eigenvalue weighted by Crippen LogP contribution is -2.29. The number of para-hydroxylation sites is 1. The molecule has 1 aromatic carbocycles. The summed E-state index contributed by atoms with van der Waals surface area (Å²) in [5.41, 5.74) is 3.52. The van der Waals surface area contributed by atoms with Gasteiger partial charge in [-0.25, -0.2) is 0 Å². The molecule has 0 atom stereocenters. The van der Waals surface area contributed by atoms with E-state index in [-0.39, 0.29) is 18.4 Å². The van der Waals surface area contributed by atoms with Crippen LogP contribution in [-0.4, -0.2) is 28.2 Å². The molecule has 3 rings (SSSR count). The van der Waals surface area contributed by atoms with E-state index in [1.54, 1.807) is 10.7 Å². The minimum Gasteiger partial charge on any atom is -0.482 e. The highest BCUT2D eigenvalue weighted by Crippen LogP contribution is 2.32. The molecule has 2 N–H and O–H groups in total. The third-order valence-corrected chi connectivity index (χ3v) is 3.92. The molecule has 2 heterocycles. The Morgan fingerprint density at radius 2 is 2.25 bits per heavy atom. The molecule has 0 aliphatic carbocycles. The molecule has 2 aromatic rings. The third-order valence-electron chi connectivity index (χ3n) is 3.92. The van der Waals surface area contributed by atoms with Crippen molar-refractivity contribution < 1.29 is 14.3 Å². The Bertz CT molecular complexity index is 782. The van der Waals surface area contributed by atoms with E-state index in [0.29, 0.717) is 30.8 Å². The lowest BCUT2D eigenvalue weighted by atomic mass is 10.0. The molecular formula is C17H20N4O3. The quantitative estimate of drug-likeness (QED) is 0.866. The van der Waals surface area contributed by atoms with Gasteiger partial charge in [-0.1, -0.05) is 12.1 Å². The fourth-order valence-corrected chi connectivity index (χ4v) is 2.71. The highest BCUT2D eigenvalue weighted by Gasteiger charge is 2.18. The lowest BCUT2D eigenvalue weighted by molar-refractivity contribution is -0.123. The number of nitrogens with zero attached hydrogens (tertiary/aromatic N) is 2. The number of nitrogens with one attached hydrogen (secondary N) is 2. The molecule has 126 valence electrons. The standard InChI is InChI=1S/C17H20N4O3/c1-11-8-13(21(2)20-11)9-18-16(23)10-24-14-5-3-4-12-6-7-15(22)19-17(12)14/h3-5,8H,6-7,9-10H2,1-2H3,(H,18,23)(H,19,22). The first kappa shape index (κ1) is 16.0. The topological polar surface area (TPSA) is 85.3 Å². The van der Waals surface area contributed by atoms with E-state index in [2.05, 4.69) is 15.7 Å². The van der Waals surface area contributed by atoms with Gasteiger partial charge in [-0.3, -0.25) is 14.3 Å². The van der Waals surface area contributed by atoms with E-state index in [1.165, 1.54) is 0 Å². The van der Waals surface area contributed by atoms with Gasteiger partial charge in [0.1, 0.15) is 5.75 Å². The molecule has 24 heavy (non-hydrogen) atoms. The first-order valence-corrected chi connectivity index (χ1v) is 7.83. The van der Waals surface area contributed by atoms with Gasteiger partial charge in [-0.05, 0) is 31.0 Å². The predicted octanol–water partition coefficient (Wildman–Crippen LogP) is 1.31. The molecule has 1 aliphatic heterocycles. The smallest absolute Gasteiger partial charge is 0.258 e. The zero-order valence-electron chi connectivity index (χ0n) is 13.8. The van der Waals surface area contributed by atoms with Crippen LogP contribution in [0.3, 0.4) is 0 Å². The summed E-state index contributed by atoms with van der Waals surface area (Å²) in [7, 11) is 1.84. The molecular weight excluding hydrogens is 308 g/mol. The molecule has 0 saturated heterocycles. The van der Waals surface area contributed by atoms with Crippen LogP contribution in [0.2, 0.25) is 0 Å². The fraction of sp³-hybridized carbons (Fsp3) is 0.353. The van der Waals surface area contributed by atoms with Crippen LogP contribution in [0.25, 0.3) is 0 Å². The van der Waals surface area contributed by atoms with Gasteiger partial charge in [0, 0.05) is 13.5 Å². The van der Waals surface area contributed by atoms with E-state index in [0.717, 1.165) is 17.0 Å². The second-order valence-corrected chi connectivity index (χ2v) is 5.80. The number of carbonyl (C=O) groups is 2. The van der Waals surface area contributed by atoms with Crippen molar-refractivity contribution in [3.05, 3.63) is 41.2 Å². The van der Waals surface area contributed by atoms with Crippen LogP contribution in [0.4, 0.5) is 5.69 Å². The van der Waals surface area contributed by atoms with Crippen LogP contribution >= 0.6 is 0 Å². The highest BCUT2D eigenvalue weighted by atomic mass is 16.5. The highest BCUT2D eigenvalue weighted by molar-refractivity contribution is 5.95. The van der Waals surface area contributed by atoms with Gasteiger partial charge in [0.2, 0.25) is 5.91 Å².